The van der Waals surface area contributed by atoms with Crippen LogP contribution in [-0.4, -0.2) is 34.4 Å². The maximum absolute atomic E-state index is 12.2. The first-order valence-corrected chi connectivity index (χ1v) is 9.05. The number of rotatable bonds is 6. The molecule has 0 bridgehead atoms. The zero-order valence-corrected chi connectivity index (χ0v) is 15.0. The molecule has 0 saturated heterocycles. The van der Waals surface area contributed by atoms with Crippen LogP contribution in [0.15, 0.2) is 59.5 Å². The van der Waals surface area contributed by atoms with E-state index in [1.807, 2.05) is 4.72 Å². The summed E-state index contributed by atoms with van der Waals surface area (Å²) in [6, 6.07) is 12.3. The van der Waals surface area contributed by atoms with Crippen LogP contribution in [0.25, 0.3) is 6.08 Å². The number of amides is 2. The van der Waals surface area contributed by atoms with Crippen molar-refractivity contribution < 1.29 is 22.7 Å². The first-order valence-electron chi connectivity index (χ1n) is 7.57. The van der Waals surface area contributed by atoms with Gasteiger partial charge in [-0.25, -0.2) is 13.1 Å². The minimum Gasteiger partial charge on any atom is -0.497 e. The molecule has 136 valence electrons. The summed E-state index contributed by atoms with van der Waals surface area (Å²) < 4.78 is 31.4. The fourth-order valence-electron chi connectivity index (χ4n) is 2.06. The van der Waals surface area contributed by atoms with Crippen LogP contribution >= 0.6 is 0 Å². The normalized spacial score (nSPS) is 11.2. The molecule has 0 heterocycles. The summed E-state index contributed by atoms with van der Waals surface area (Å²) in [5.74, 6) is -0.641. The number of ether oxygens (including phenoxy) is 1. The van der Waals surface area contributed by atoms with Crippen molar-refractivity contribution in [3.63, 3.8) is 0 Å². The van der Waals surface area contributed by atoms with Crippen LogP contribution in [0.4, 0.5) is 0 Å². The van der Waals surface area contributed by atoms with Gasteiger partial charge in [-0.2, -0.15) is 0 Å². The number of carbonyl (C=O) groups is 2. The lowest BCUT2D eigenvalue weighted by Gasteiger charge is -2.06. The second-order valence-corrected chi connectivity index (χ2v) is 6.87. The van der Waals surface area contributed by atoms with Crippen LogP contribution < -0.4 is 14.8 Å². The Kier molecular flexibility index (Phi) is 6.13. The first-order chi connectivity index (χ1) is 12.4. The lowest BCUT2D eigenvalue weighted by Crippen LogP contribution is -2.28. The van der Waals surface area contributed by atoms with E-state index in [0.717, 1.165) is 6.08 Å². The van der Waals surface area contributed by atoms with Crippen molar-refractivity contribution in [3.8, 4) is 5.75 Å². The van der Waals surface area contributed by atoms with E-state index in [9.17, 15) is 18.0 Å². The molecule has 0 spiro atoms. The second-order valence-electron chi connectivity index (χ2n) is 5.18. The molecule has 0 aliphatic heterocycles. The zero-order chi connectivity index (χ0) is 19.2. The van der Waals surface area contributed by atoms with Gasteiger partial charge in [0.1, 0.15) is 5.75 Å². The fraction of sp³-hybridized carbons (Fsp3) is 0.111. The molecule has 0 aromatic heterocycles. The molecule has 0 aliphatic carbocycles. The van der Waals surface area contributed by atoms with Crippen molar-refractivity contribution in [3.05, 3.63) is 65.7 Å². The average molecular weight is 374 g/mol. The number of hydrogen-bond acceptors (Lipinski definition) is 5. The van der Waals surface area contributed by atoms with E-state index in [2.05, 4.69) is 5.32 Å². The van der Waals surface area contributed by atoms with Crippen molar-refractivity contribution in [2.45, 2.75) is 4.90 Å². The third kappa shape index (κ3) is 4.93. The SMILES string of the molecule is CNC(=O)c1ccc(C=CC(=O)NS(=O)(=O)c2cccc(OC)c2)cc1. The van der Waals surface area contributed by atoms with Gasteiger partial charge in [0.15, 0.2) is 0 Å². The standard InChI is InChI=1S/C18H18N2O5S/c1-19-18(22)14-9-6-13(7-10-14)8-11-17(21)20-26(23,24)16-5-3-4-15(12-16)25-2/h3-12H,1-2H3,(H,19,22)(H,20,21). The van der Waals surface area contributed by atoms with Crippen LogP contribution in [-0.2, 0) is 14.8 Å². The summed E-state index contributed by atoms with van der Waals surface area (Å²) in [6.07, 6.45) is 2.55. The third-order valence-corrected chi connectivity index (χ3v) is 4.76. The molecule has 7 nitrogen and oxygen atoms in total. The van der Waals surface area contributed by atoms with E-state index in [1.54, 1.807) is 30.3 Å². The van der Waals surface area contributed by atoms with Gasteiger partial charge in [-0.05, 0) is 35.9 Å². The third-order valence-electron chi connectivity index (χ3n) is 3.41. The molecular weight excluding hydrogens is 356 g/mol. The molecule has 0 radical (unpaired) electrons. The smallest absolute Gasteiger partial charge is 0.264 e. The second kappa shape index (κ2) is 8.30. The number of nitrogens with one attached hydrogen (secondary N) is 2. The Morgan fingerprint density at radius 3 is 2.38 bits per heavy atom. The van der Waals surface area contributed by atoms with Gasteiger partial charge < -0.3 is 10.1 Å². The lowest BCUT2D eigenvalue weighted by molar-refractivity contribution is -0.114. The average Bonchev–Trinajstić information content (AvgIpc) is 2.66. The summed E-state index contributed by atoms with van der Waals surface area (Å²) in [5.41, 5.74) is 1.13. The van der Waals surface area contributed by atoms with E-state index in [4.69, 9.17) is 4.74 Å². The maximum atomic E-state index is 12.2. The summed E-state index contributed by atoms with van der Waals surface area (Å²) in [5, 5.41) is 2.50. The number of hydrogen-bond donors (Lipinski definition) is 2. The Bertz CT molecular complexity index is 934. The van der Waals surface area contributed by atoms with E-state index >= 15 is 0 Å². The highest BCUT2D eigenvalue weighted by Crippen LogP contribution is 2.16. The van der Waals surface area contributed by atoms with Crippen molar-refractivity contribution in [1.29, 1.82) is 0 Å². The van der Waals surface area contributed by atoms with Crippen LogP contribution in [0, 0.1) is 0 Å². The highest BCUT2D eigenvalue weighted by Gasteiger charge is 2.16. The van der Waals surface area contributed by atoms with Gasteiger partial charge in [0, 0.05) is 24.8 Å². The van der Waals surface area contributed by atoms with Crippen LogP contribution in [0.2, 0.25) is 0 Å². The number of benzene rings is 2. The highest BCUT2D eigenvalue weighted by molar-refractivity contribution is 7.90. The van der Waals surface area contributed by atoms with Gasteiger partial charge in [-0.3, -0.25) is 9.59 Å². The van der Waals surface area contributed by atoms with Crippen molar-refractivity contribution in [2.24, 2.45) is 0 Å². The minimum atomic E-state index is -4.00. The lowest BCUT2D eigenvalue weighted by atomic mass is 10.1. The fourth-order valence-corrected chi connectivity index (χ4v) is 3.04. The molecule has 0 fully saturated rings. The quantitative estimate of drug-likeness (QED) is 0.748. The number of methoxy groups -OCH3 is 1. The molecule has 2 amide bonds. The van der Waals surface area contributed by atoms with E-state index < -0.39 is 15.9 Å². The minimum absolute atomic E-state index is 0.0754. The summed E-state index contributed by atoms with van der Waals surface area (Å²) in [4.78, 5) is 23.3. The Balaban J connectivity index is 2.07. The predicted octanol–water partition coefficient (Wildman–Crippen LogP) is 1.57. The van der Waals surface area contributed by atoms with Crippen LogP contribution in [0.1, 0.15) is 15.9 Å². The van der Waals surface area contributed by atoms with Gasteiger partial charge in [-0.15, -0.1) is 0 Å². The molecule has 2 aromatic carbocycles. The predicted molar refractivity (Wildman–Crippen MR) is 97.2 cm³/mol. The first kappa shape index (κ1) is 19.2. The van der Waals surface area contributed by atoms with Gasteiger partial charge in [-0.1, -0.05) is 18.2 Å². The topological polar surface area (TPSA) is 102 Å². The van der Waals surface area contributed by atoms with Gasteiger partial charge >= 0.3 is 0 Å². The Morgan fingerprint density at radius 1 is 1.08 bits per heavy atom. The molecular formula is C18H18N2O5S. The Morgan fingerprint density at radius 2 is 1.77 bits per heavy atom. The van der Waals surface area contributed by atoms with Crippen molar-refractivity contribution in [2.75, 3.05) is 14.2 Å². The molecule has 2 N–H and O–H groups in total. The van der Waals surface area contributed by atoms with Crippen LogP contribution in [0.3, 0.4) is 0 Å². The summed E-state index contributed by atoms with van der Waals surface area (Å²) in [6.45, 7) is 0. The summed E-state index contributed by atoms with van der Waals surface area (Å²) >= 11 is 0. The van der Waals surface area contributed by atoms with Crippen LogP contribution in [0.5, 0.6) is 5.75 Å². The number of carbonyl (C=O) groups excluding carboxylic acids is 2. The molecule has 0 saturated carbocycles. The maximum Gasteiger partial charge on any atom is 0.264 e. The Hall–Kier alpha value is -3.13. The van der Waals surface area contributed by atoms with Gasteiger partial charge in [0.25, 0.3) is 21.8 Å². The highest BCUT2D eigenvalue weighted by atomic mass is 32.2. The van der Waals surface area contributed by atoms with Crippen molar-refractivity contribution >= 4 is 27.9 Å². The molecule has 2 rings (SSSR count). The van der Waals surface area contributed by atoms with E-state index in [-0.39, 0.29) is 10.8 Å². The molecule has 0 atom stereocenters. The molecule has 26 heavy (non-hydrogen) atoms. The summed E-state index contributed by atoms with van der Waals surface area (Å²) in [7, 11) is -1.05. The Labute approximate surface area is 151 Å². The van der Waals surface area contributed by atoms with Crippen molar-refractivity contribution in [1.82, 2.24) is 10.0 Å². The monoisotopic (exact) mass is 374 g/mol. The largest absolute Gasteiger partial charge is 0.497 e. The molecule has 0 unspecified atom stereocenters. The molecule has 8 heteroatoms. The van der Waals surface area contributed by atoms with Gasteiger partial charge in [0.05, 0.1) is 12.0 Å². The molecule has 2 aromatic rings. The molecule has 0 aliphatic rings. The van der Waals surface area contributed by atoms with E-state index in [0.29, 0.717) is 16.9 Å². The van der Waals surface area contributed by atoms with Gasteiger partial charge in [0.2, 0.25) is 0 Å². The number of sulfonamides is 1. The van der Waals surface area contributed by atoms with E-state index in [1.165, 1.54) is 38.4 Å². The zero-order valence-electron chi connectivity index (χ0n) is 14.2.